The highest BCUT2D eigenvalue weighted by Gasteiger charge is 2.42. The van der Waals surface area contributed by atoms with Gasteiger partial charge in [0.2, 0.25) is 23.6 Å². The van der Waals surface area contributed by atoms with Gasteiger partial charge in [-0.3, -0.25) is 28.8 Å². The number of nitrogens with zero attached hydrogens (tertiary/aromatic N) is 3. The molecule has 2 aliphatic heterocycles. The van der Waals surface area contributed by atoms with Crippen molar-refractivity contribution < 1.29 is 33.5 Å². The van der Waals surface area contributed by atoms with Crippen LogP contribution in [0.3, 0.4) is 0 Å². The summed E-state index contributed by atoms with van der Waals surface area (Å²) in [5, 5.41) is 5.58. The maximum absolute atomic E-state index is 14.0. The van der Waals surface area contributed by atoms with Gasteiger partial charge in [-0.15, -0.1) is 0 Å². The van der Waals surface area contributed by atoms with E-state index in [-0.39, 0.29) is 31.2 Å². The standard InChI is InChI=1S/C33H49N5O7/c1-8-21(4)27-32(43)37(7)28(20(2)3)33(44)36(6)22(5)29(40)34-17-16-26(39)45-25(19-23-13-10-9-11-14-23)31(42)38-18-12-15-24(38)30(41)35-27/h9-11,13-14,20-22,24-25,27-28H,8,12,15-19H2,1-7H3,(H,34,40)(H,35,41)/t21-,22-,24-,25?,27-,28-/m0/s1. The Labute approximate surface area is 266 Å². The maximum Gasteiger partial charge on any atom is 0.308 e. The highest BCUT2D eigenvalue weighted by atomic mass is 16.5. The molecule has 0 aromatic heterocycles. The lowest BCUT2D eigenvalue weighted by atomic mass is 9.94. The normalized spacial score (nSPS) is 27.3. The number of nitrogens with one attached hydrogen (secondary N) is 2. The Hall–Kier alpha value is -3.96. The van der Waals surface area contributed by atoms with Crippen LogP contribution in [0.25, 0.3) is 0 Å². The van der Waals surface area contributed by atoms with E-state index in [2.05, 4.69) is 10.6 Å². The van der Waals surface area contributed by atoms with Gasteiger partial charge < -0.3 is 30.1 Å². The molecule has 1 aromatic carbocycles. The van der Waals surface area contributed by atoms with Crippen LogP contribution in [0, 0.1) is 11.8 Å². The highest BCUT2D eigenvalue weighted by Crippen LogP contribution is 2.23. The van der Waals surface area contributed by atoms with Crippen LogP contribution in [0.2, 0.25) is 0 Å². The van der Waals surface area contributed by atoms with Gasteiger partial charge in [-0.25, -0.2) is 0 Å². The minimum Gasteiger partial charge on any atom is -0.452 e. The number of amides is 5. The van der Waals surface area contributed by atoms with Crippen LogP contribution in [0.1, 0.15) is 65.9 Å². The number of fused-ring (bicyclic) bond motifs is 1. The van der Waals surface area contributed by atoms with Gasteiger partial charge >= 0.3 is 5.97 Å². The van der Waals surface area contributed by atoms with E-state index < -0.39 is 65.8 Å². The Kier molecular flexibility index (Phi) is 12.5. The molecule has 6 atom stereocenters. The van der Waals surface area contributed by atoms with Crippen LogP contribution in [0.15, 0.2) is 30.3 Å². The average Bonchev–Trinajstić information content (AvgIpc) is 3.51. The molecule has 2 heterocycles. The van der Waals surface area contributed by atoms with E-state index in [0.29, 0.717) is 25.8 Å². The molecular weight excluding hydrogens is 578 g/mol. The highest BCUT2D eigenvalue weighted by molar-refractivity contribution is 5.96. The van der Waals surface area contributed by atoms with Gasteiger partial charge in [0.1, 0.15) is 24.2 Å². The summed E-state index contributed by atoms with van der Waals surface area (Å²) in [5.41, 5.74) is 0.780. The van der Waals surface area contributed by atoms with Gasteiger partial charge in [0, 0.05) is 33.6 Å². The summed E-state index contributed by atoms with van der Waals surface area (Å²) in [6.07, 6.45) is 0.271. The van der Waals surface area contributed by atoms with E-state index in [1.165, 1.54) is 28.8 Å². The van der Waals surface area contributed by atoms with E-state index in [1.54, 1.807) is 6.92 Å². The molecule has 0 spiro atoms. The summed E-state index contributed by atoms with van der Waals surface area (Å²) in [7, 11) is 3.04. The molecule has 12 nitrogen and oxygen atoms in total. The number of hydrogen-bond acceptors (Lipinski definition) is 7. The Morgan fingerprint density at radius 2 is 1.58 bits per heavy atom. The Bertz CT molecular complexity index is 1240. The Balaban J connectivity index is 2.02. The van der Waals surface area contributed by atoms with Crippen molar-refractivity contribution in [3.8, 4) is 0 Å². The van der Waals surface area contributed by atoms with Crippen molar-refractivity contribution in [3.05, 3.63) is 35.9 Å². The number of carbonyl (C=O) groups is 6. The lowest BCUT2D eigenvalue weighted by molar-refractivity contribution is -0.161. The fourth-order valence-corrected chi connectivity index (χ4v) is 5.91. The van der Waals surface area contributed by atoms with Crippen molar-refractivity contribution in [2.45, 2.75) is 97.0 Å². The van der Waals surface area contributed by atoms with Crippen LogP contribution in [0.5, 0.6) is 0 Å². The minimum atomic E-state index is -1.18. The van der Waals surface area contributed by atoms with Crippen LogP contribution in [0.4, 0.5) is 0 Å². The molecule has 0 radical (unpaired) electrons. The quantitative estimate of drug-likeness (QED) is 0.471. The monoisotopic (exact) mass is 627 g/mol. The number of ether oxygens (including phenoxy) is 1. The second-order valence-electron chi connectivity index (χ2n) is 12.5. The molecule has 1 aromatic rings. The number of esters is 1. The molecule has 2 N–H and O–H groups in total. The van der Waals surface area contributed by atoms with Crippen molar-refractivity contribution in [1.82, 2.24) is 25.3 Å². The zero-order chi connectivity index (χ0) is 33.4. The first-order valence-electron chi connectivity index (χ1n) is 15.9. The van der Waals surface area contributed by atoms with Gasteiger partial charge in [-0.05, 0) is 37.2 Å². The summed E-state index contributed by atoms with van der Waals surface area (Å²) in [6.45, 7) is 9.19. The predicted molar refractivity (Wildman–Crippen MR) is 167 cm³/mol. The zero-order valence-corrected chi connectivity index (χ0v) is 27.6. The third kappa shape index (κ3) is 8.61. The van der Waals surface area contributed by atoms with Crippen molar-refractivity contribution in [1.29, 1.82) is 0 Å². The smallest absolute Gasteiger partial charge is 0.308 e. The number of carbonyl (C=O) groups excluding carboxylic acids is 6. The number of likely N-dealkylation sites (N-methyl/N-ethyl adjacent to an activating group) is 2. The van der Waals surface area contributed by atoms with Gasteiger partial charge in [0.05, 0.1) is 6.42 Å². The topological polar surface area (TPSA) is 145 Å². The number of cyclic esters (lactones) is 1. The summed E-state index contributed by atoms with van der Waals surface area (Å²) >= 11 is 0. The van der Waals surface area contributed by atoms with E-state index in [9.17, 15) is 28.8 Å². The second kappa shape index (κ2) is 15.9. The minimum absolute atomic E-state index is 0.0619. The largest absolute Gasteiger partial charge is 0.452 e. The molecule has 45 heavy (non-hydrogen) atoms. The molecule has 0 bridgehead atoms. The molecule has 2 fully saturated rings. The fourth-order valence-electron chi connectivity index (χ4n) is 5.91. The molecular formula is C33H49N5O7. The molecule has 2 saturated heterocycles. The first kappa shape index (κ1) is 35.5. The molecule has 248 valence electrons. The lowest BCUT2D eigenvalue weighted by Crippen LogP contribution is -2.60. The third-order valence-corrected chi connectivity index (χ3v) is 9.01. The van der Waals surface area contributed by atoms with E-state index in [1.807, 2.05) is 58.0 Å². The van der Waals surface area contributed by atoms with Crippen LogP contribution >= 0.6 is 0 Å². The number of rotatable bonds is 5. The summed E-state index contributed by atoms with van der Waals surface area (Å²) < 4.78 is 5.69. The SMILES string of the molecule is CC[C@H](C)[C@@H]1NC(=O)[C@@H]2CCCN2C(=O)C(Cc2ccccc2)OC(=O)CCNC(=O)[C@H](C)N(C)C(=O)[C@H](C(C)C)N(C)C1=O. The van der Waals surface area contributed by atoms with Crippen molar-refractivity contribution in [2.24, 2.45) is 11.8 Å². The number of hydrogen-bond donors (Lipinski definition) is 2. The zero-order valence-electron chi connectivity index (χ0n) is 27.6. The lowest BCUT2D eigenvalue weighted by Gasteiger charge is -2.38. The van der Waals surface area contributed by atoms with E-state index in [4.69, 9.17) is 4.74 Å². The van der Waals surface area contributed by atoms with Crippen LogP contribution < -0.4 is 10.6 Å². The van der Waals surface area contributed by atoms with Crippen molar-refractivity contribution in [3.63, 3.8) is 0 Å². The van der Waals surface area contributed by atoms with E-state index in [0.717, 1.165) is 5.56 Å². The first-order chi connectivity index (χ1) is 21.3. The molecule has 0 aliphatic carbocycles. The van der Waals surface area contributed by atoms with Crippen molar-refractivity contribution >= 4 is 35.5 Å². The van der Waals surface area contributed by atoms with Gasteiger partial charge in [-0.2, -0.15) is 0 Å². The second-order valence-corrected chi connectivity index (χ2v) is 12.5. The fraction of sp³-hybridized carbons (Fsp3) is 0.636. The maximum atomic E-state index is 14.0. The Morgan fingerprint density at radius 1 is 0.911 bits per heavy atom. The first-order valence-corrected chi connectivity index (χ1v) is 15.9. The van der Waals surface area contributed by atoms with Crippen LogP contribution in [-0.2, 0) is 39.9 Å². The molecule has 3 rings (SSSR count). The summed E-state index contributed by atoms with van der Waals surface area (Å²) in [5.74, 6) is -3.55. The average molecular weight is 628 g/mol. The molecule has 2 aliphatic rings. The Morgan fingerprint density at radius 3 is 2.20 bits per heavy atom. The molecule has 12 heteroatoms. The summed E-state index contributed by atoms with van der Waals surface area (Å²) in [6, 6.07) is 5.53. The molecule has 0 saturated carbocycles. The van der Waals surface area contributed by atoms with Gasteiger partial charge in [0.25, 0.3) is 5.91 Å². The van der Waals surface area contributed by atoms with Crippen molar-refractivity contribution in [2.75, 3.05) is 27.2 Å². The van der Waals surface area contributed by atoms with E-state index >= 15 is 0 Å². The molecule has 1 unspecified atom stereocenters. The summed E-state index contributed by atoms with van der Waals surface area (Å²) in [4.78, 5) is 85.5. The van der Waals surface area contributed by atoms with Gasteiger partial charge in [-0.1, -0.05) is 64.4 Å². The van der Waals surface area contributed by atoms with Gasteiger partial charge in [0.15, 0.2) is 6.10 Å². The number of benzene rings is 1. The molecule has 5 amide bonds. The predicted octanol–water partition coefficient (Wildman–Crippen LogP) is 1.51. The van der Waals surface area contributed by atoms with Crippen LogP contribution in [-0.4, -0.2) is 108 Å². The third-order valence-electron chi connectivity index (χ3n) is 9.01.